The van der Waals surface area contributed by atoms with E-state index in [2.05, 4.69) is 9.97 Å². The maximum Gasteiger partial charge on any atom is 0.138 e. The van der Waals surface area contributed by atoms with Gasteiger partial charge in [0.25, 0.3) is 0 Å². The number of aromatic amines is 1. The van der Waals surface area contributed by atoms with Crippen LogP contribution in [0.1, 0.15) is 5.69 Å². The molecule has 0 unspecified atom stereocenters. The molecule has 2 rings (SSSR count). The van der Waals surface area contributed by atoms with E-state index >= 15 is 0 Å². The third-order valence-electron chi connectivity index (χ3n) is 1.89. The predicted octanol–water partition coefficient (Wildman–Crippen LogP) is 2.65. The van der Waals surface area contributed by atoms with Gasteiger partial charge in [-0.1, -0.05) is 11.6 Å². The molecule has 0 atom stereocenters. The molecule has 0 aliphatic rings. The summed E-state index contributed by atoms with van der Waals surface area (Å²) in [5.41, 5.74) is 7.07. The van der Waals surface area contributed by atoms with Gasteiger partial charge in [0.15, 0.2) is 0 Å². The van der Waals surface area contributed by atoms with Crippen molar-refractivity contribution in [1.29, 1.82) is 0 Å². The fraction of sp³-hybridized carbons (Fsp3) is 0.100. The van der Waals surface area contributed by atoms with E-state index < -0.39 is 0 Å². The predicted molar refractivity (Wildman–Crippen MR) is 66.0 cm³/mol. The first-order chi connectivity index (χ1) is 7.25. The standard InChI is InChI=1S/C10H10ClN3O.ClH/c11-9-3-7(12)1-2-10(9)15-5-8-4-13-6-14-8;/h1-4,6H,5,12H2,(H,13,14);1H. The van der Waals surface area contributed by atoms with Crippen molar-refractivity contribution in [3.63, 3.8) is 0 Å². The van der Waals surface area contributed by atoms with E-state index in [4.69, 9.17) is 22.1 Å². The van der Waals surface area contributed by atoms with E-state index in [0.29, 0.717) is 23.1 Å². The lowest BCUT2D eigenvalue weighted by Gasteiger charge is -2.06. The highest BCUT2D eigenvalue weighted by Crippen LogP contribution is 2.26. The molecule has 6 heteroatoms. The number of ether oxygens (including phenoxy) is 1. The van der Waals surface area contributed by atoms with Gasteiger partial charge >= 0.3 is 0 Å². The first-order valence-electron chi connectivity index (χ1n) is 4.41. The summed E-state index contributed by atoms with van der Waals surface area (Å²) in [6.45, 7) is 0.406. The van der Waals surface area contributed by atoms with Gasteiger partial charge in [0.05, 0.1) is 23.2 Å². The Bertz CT molecular complexity index is 445. The molecule has 0 spiro atoms. The van der Waals surface area contributed by atoms with Crippen molar-refractivity contribution in [2.24, 2.45) is 0 Å². The van der Waals surface area contributed by atoms with Crippen LogP contribution in [-0.2, 0) is 6.61 Å². The SMILES string of the molecule is Cl.Nc1ccc(OCc2cnc[nH]2)c(Cl)c1. The van der Waals surface area contributed by atoms with E-state index in [9.17, 15) is 0 Å². The number of nitrogens with two attached hydrogens (primary N) is 1. The molecule has 4 nitrogen and oxygen atoms in total. The Morgan fingerprint density at radius 2 is 2.25 bits per heavy atom. The molecule has 0 bridgehead atoms. The molecule has 3 N–H and O–H groups in total. The number of hydrogen-bond donors (Lipinski definition) is 2. The molecule has 0 saturated carbocycles. The first-order valence-corrected chi connectivity index (χ1v) is 4.78. The molecule has 1 aromatic carbocycles. The summed E-state index contributed by atoms with van der Waals surface area (Å²) in [6, 6.07) is 5.14. The Labute approximate surface area is 104 Å². The lowest BCUT2D eigenvalue weighted by molar-refractivity contribution is 0.302. The molecule has 16 heavy (non-hydrogen) atoms. The van der Waals surface area contributed by atoms with Crippen molar-refractivity contribution >= 4 is 29.7 Å². The van der Waals surface area contributed by atoms with Crippen molar-refractivity contribution in [2.45, 2.75) is 6.61 Å². The molecule has 0 fully saturated rings. The zero-order chi connectivity index (χ0) is 10.7. The third-order valence-corrected chi connectivity index (χ3v) is 2.19. The molecular formula is C10H11Cl2N3O. The average Bonchev–Trinajstić information content (AvgIpc) is 2.69. The number of nitrogen functional groups attached to an aromatic ring is 1. The monoisotopic (exact) mass is 259 g/mol. The normalized spacial score (nSPS) is 9.56. The quantitative estimate of drug-likeness (QED) is 0.834. The fourth-order valence-corrected chi connectivity index (χ4v) is 1.40. The van der Waals surface area contributed by atoms with Crippen LogP contribution in [0.2, 0.25) is 5.02 Å². The molecule has 0 aliphatic heterocycles. The molecule has 0 amide bonds. The number of H-pyrrole nitrogens is 1. The summed E-state index contributed by atoms with van der Waals surface area (Å²) in [5.74, 6) is 0.612. The number of hydrogen-bond acceptors (Lipinski definition) is 3. The van der Waals surface area contributed by atoms with Crippen molar-refractivity contribution in [3.05, 3.63) is 41.4 Å². The molecule has 1 heterocycles. The highest BCUT2D eigenvalue weighted by molar-refractivity contribution is 6.32. The Hall–Kier alpha value is -1.39. The second-order valence-electron chi connectivity index (χ2n) is 3.06. The number of halogens is 2. The summed E-state index contributed by atoms with van der Waals surface area (Å²) in [5, 5.41) is 0.509. The number of nitrogens with one attached hydrogen (secondary N) is 1. The molecule has 86 valence electrons. The highest BCUT2D eigenvalue weighted by atomic mass is 35.5. The molecular weight excluding hydrogens is 249 g/mol. The highest BCUT2D eigenvalue weighted by Gasteiger charge is 2.02. The number of anilines is 1. The van der Waals surface area contributed by atoms with Crippen LogP contribution in [0.4, 0.5) is 5.69 Å². The van der Waals surface area contributed by atoms with Gasteiger partial charge < -0.3 is 15.5 Å². The van der Waals surface area contributed by atoms with Crippen LogP contribution in [0.3, 0.4) is 0 Å². The number of rotatable bonds is 3. The lowest BCUT2D eigenvalue weighted by Crippen LogP contribution is -1.96. The number of benzene rings is 1. The van der Waals surface area contributed by atoms with Crippen LogP contribution in [-0.4, -0.2) is 9.97 Å². The van der Waals surface area contributed by atoms with Crippen LogP contribution in [0.5, 0.6) is 5.75 Å². The van der Waals surface area contributed by atoms with Gasteiger partial charge in [-0.05, 0) is 18.2 Å². The largest absolute Gasteiger partial charge is 0.486 e. The Morgan fingerprint density at radius 3 is 2.88 bits per heavy atom. The summed E-state index contributed by atoms with van der Waals surface area (Å²) in [4.78, 5) is 6.82. The molecule has 0 aliphatic carbocycles. The van der Waals surface area contributed by atoms with Crippen LogP contribution in [0, 0.1) is 0 Å². The van der Waals surface area contributed by atoms with Crippen LogP contribution in [0.25, 0.3) is 0 Å². The zero-order valence-electron chi connectivity index (χ0n) is 8.31. The molecule has 1 aromatic heterocycles. The first kappa shape index (κ1) is 12.7. The zero-order valence-corrected chi connectivity index (χ0v) is 9.89. The average molecular weight is 260 g/mol. The van der Waals surface area contributed by atoms with Gasteiger partial charge in [-0.25, -0.2) is 4.98 Å². The maximum absolute atomic E-state index is 5.94. The number of imidazole rings is 1. The molecule has 0 radical (unpaired) electrons. The van der Waals surface area contributed by atoms with Crippen molar-refractivity contribution in [1.82, 2.24) is 9.97 Å². The van der Waals surface area contributed by atoms with Gasteiger partial charge in [0, 0.05) is 5.69 Å². The minimum absolute atomic E-state index is 0. The van der Waals surface area contributed by atoms with E-state index in [1.165, 1.54) is 0 Å². The summed E-state index contributed by atoms with van der Waals surface area (Å²) >= 11 is 5.94. The molecule has 2 aromatic rings. The summed E-state index contributed by atoms with van der Waals surface area (Å²) < 4.78 is 5.48. The van der Waals surface area contributed by atoms with Gasteiger partial charge in [0.2, 0.25) is 0 Å². The van der Waals surface area contributed by atoms with Gasteiger partial charge in [-0.3, -0.25) is 0 Å². The van der Waals surface area contributed by atoms with Crippen LogP contribution >= 0.6 is 24.0 Å². The number of aromatic nitrogens is 2. The summed E-state index contributed by atoms with van der Waals surface area (Å²) in [7, 11) is 0. The number of nitrogens with zero attached hydrogens (tertiary/aromatic N) is 1. The lowest BCUT2D eigenvalue weighted by atomic mass is 10.3. The molecule has 0 saturated heterocycles. The van der Waals surface area contributed by atoms with Gasteiger partial charge in [-0.15, -0.1) is 12.4 Å². The van der Waals surface area contributed by atoms with E-state index in [1.807, 2.05) is 0 Å². The summed E-state index contributed by atoms with van der Waals surface area (Å²) in [6.07, 6.45) is 3.30. The van der Waals surface area contributed by atoms with Gasteiger partial charge in [-0.2, -0.15) is 0 Å². The van der Waals surface area contributed by atoms with E-state index in [1.54, 1.807) is 30.7 Å². The topological polar surface area (TPSA) is 63.9 Å². The fourth-order valence-electron chi connectivity index (χ4n) is 1.15. The Balaban J connectivity index is 0.00000128. The van der Waals surface area contributed by atoms with Crippen molar-refractivity contribution in [3.8, 4) is 5.75 Å². The Kier molecular flexibility index (Phi) is 4.46. The van der Waals surface area contributed by atoms with Crippen LogP contribution in [0.15, 0.2) is 30.7 Å². The second-order valence-corrected chi connectivity index (χ2v) is 3.46. The minimum atomic E-state index is 0. The van der Waals surface area contributed by atoms with Crippen molar-refractivity contribution < 1.29 is 4.74 Å². The van der Waals surface area contributed by atoms with Crippen molar-refractivity contribution in [2.75, 3.05) is 5.73 Å². The van der Waals surface area contributed by atoms with Crippen LogP contribution < -0.4 is 10.5 Å². The second kappa shape index (κ2) is 5.63. The third kappa shape index (κ3) is 3.05. The minimum Gasteiger partial charge on any atom is -0.486 e. The maximum atomic E-state index is 5.94. The Morgan fingerprint density at radius 1 is 1.44 bits per heavy atom. The smallest absolute Gasteiger partial charge is 0.138 e. The van der Waals surface area contributed by atoms with E-state index in [-0.39, 0.29) is 12.4 Å². The van der Waals surface area contributed by atoms with Gasteiger partial charge in [0.1, 0.15) is 12.4 Å². The van der Waals surface area contributed by atoms with E-state index in [0.717, 1.165) is 5.69 Å².